The van der Waals surface area contributed by atoms with E-state index in [9.17, 15) is 0 Å². The normalized spacial score (nSPS) is 15.0. The van der Waals surface area contributed by atoms with E-state index in [-0.39, 0.29) is 24.0 Å². The molecule has 21 heavy (non-hydrogen) atoms. The molecule has 0 spiro atoms. The highest BCUT2D eigenvalue weighted by atomic mass is 127. The molecule has 1 aliphatic heterocycles. The van der Waals surface area contributed by atoms with Crippen LogP contribution in [0.5, 0.6) is 0 Å². The molecule has 1 N–H and O–H groups in total. The van der Waals surface area contributed by atoms with Crippen molar-refractivity contribution < 1.29 is 0 Å². The molecule has 3 nitrogen and oxygen atoms in total. The fourth-order valence-corrected chi connectivity index (χ4v) is 2.74. The van der Waals surface area contributed by atoms with E-state index in [2.05, 4.69) is 23.2 Å². The third kappa shape index (κ3) is 6.02. The molecule has 1 aromatic carbocycles. The summed E-state index contributed by atoms with van der Waals surface area (Å²) in [5, 5.41) is 4.25. The summed E-state index contributed by atoms with van der Waals surface area (Å²) in [6, 6.07) is 8.06. The summed E-state index contributed by atoms with van der Waals surface area (Å²) in [5.41, 5.74) is 1.22. The smallest absolute Gasteiger partial charge is 0.193 e. The first-order chi connectivity index (χ1) is 9.81. The van der Waals surface area contributed by atoms with Gasteiger partial charge in [-0.1, -0.05) is 29.8 Å². The maximum Gasteiger partial charge on any atom is 0.193 e. The molecule has 0 unspecified atom stereocenters. The van der Waals surface area contributed by atoms with Crippen molar-refractivity contribution in [3.63, 3.8) is 0 Å². The van der Waals surface area contributed by atoms with Crippen molar-refractivity contribution in [1.29, 1.82) is 0 Å². The third-order valence-corrected chi connectivity index (χ3v) is 3.93. The monoisotopic (exact) mass is 421 g/mol. The van der Waals surface area contributed by atoms with E-state index in [1.54, 1.807) is 0 Å². The van der Waals surface area contributed by atoms with Gasteiger partial charge in [-0.3, -0.25) is 4.99 Å². The fourth-order valence-electron chi connectivity index (χ4n) is 2.51. The van der Waals surface area contributed by atoms with Gasteiger partial charge in [0.1, 0.15) is 0 Å². The first-order valence-corrected chi connectivity index (χ1v) is 7.95. The first-order valence-electron chi connectivity index (χ1n) is 7.58. The third-order valence-electron chi connectivity index (χ3n) is 3.56. The highest BCUT2D eigenvalue weighted by Gasteiger charge is 2.15. The molecule has 1 aromatic rings. The van der Waals surface area contributed by atoms with Crippen molar-refractivity contribution in [1.82, 2.24) is 10.2 Å². The molecule has 118 valence electrons. The molecule has 1 heterocycles. The van der Waals surface area contributed by atoms with Crippen LogP contribution < -0.4 is 5.32 Å². The van der Waals surface area contributed by atoms with Gasteiger partial charge in [0, 0.05) is 31.2 Å². The molecule has 0 aliphatic carbocycles. The minimum Gasteiger partial charge on any atom is -0.357 e. The van der Waals surface area contributed by atoms with Gasteiger partial charge < -0.3 is 10.2 Å². The van der Waals surface area contributed by atoms with Gasteiger partial charge in [0.05, 0.1) is 0 Å². The second-order valence-corrected chi connectivity index (χ2v) is 5.53. The molecule has 1 saturated heterocycles. The predicted molar refractivity (Wildman–Crippen MR) is 102 cm³/mol. The topological polar surface area (TPSA) is 27.6 Å². The van der Waals surface area contributed by atoms with Crippen LogP contribution in [-0.4, -0.2) is 37.0 Å². The van der Waals surface area contributed by atoms with Crippen LogP contribution in [0, 0.1) is 0 Å². The van der Waals surface area contributed by atoms with Crippen LogP contribution in [0.3, 0.4) is 0 Å². The molecule has 0 radical (unpaired) electrons. The number of nitrogens with zero attached hydrogens (tertiary/aromatic N) is 2. The van der Waals surface area contributed by atoms with E-state index in [1.165, 1.54) is 18.4 Å². The Morgan fingerprint density at radius 3 is 2.67 bits per heavy atom. The molecule has 0 aromatic heterocycles. The number of benzene rings is 1. The molecule has 2 rings (SSSR count). The molecule has 0 amide bonds. The van der Waals surface area contributed by atoms with E-state index in [1.807, 2.05) is 18.2 Å². The Kier molecular flexibility index (Phi) is 9.08. The van der Waals surface area contributed by atoms with Crippen LogP contribution in [0.15, 0.2) is 29.3 Å². The maximum atomic E-state index is 6.16. The van der Waals surface area contributed by atoms with Gasteiger partial charge in [-0.05, 0) is 44.2 Å². The summed E-state index contributed by atoms with van der Waals surface area (Å²) in [7, 11) is 0. The molecule has 0 saturated carbocycles. The van der Waals surface area contributed by atoms with Crippen LogP contribution in [0.2, 0.25) is 5.02 Å². The highest BCUT2D eigenvalue weighted by molar-refractivity contribution is 14.0. The highest BCUT2D eigenvalue weighted by Crippen LogP contribution is 2.16. The van der Waals surface area contributed by atoms with Gasteiger partial charge in [-0.25, -0.2) is 0 Å². The van der Waals surface area contributed by atoms with Crippen molar-refractivity contribution in [3.8, 4) is 0 Å². The zero-order valence-electron chi connectivity index (χ0n) is 12.6. The van der Waals surface area contributed by atoms with Crippen molar-refractivity contribution in [2.24, 2.45) is 4.99 Å². The molecule has 0 atom stereocenters. The van der Waals surface area contributed by atoms with Gasteiger partial charge in [0.2, 0.25) is 0 Å². The molecular weight excluding hydrogens is 397 g/mol. The van der Waals surface area contributed by atoms with Crippen LogP contribution in [-0.2, 0) is 6.42 Å². The average Bonchev–Trinajstić information content (AvgIpc) is 2.98. The lowest BCUT2D eigenvalue weighted by Gasteiger charge is -2.20. The van der Waals surface area contributed by atoms with E-state index in [0.717, 1.165) is 50.0 Å². The van der Waals surface area contributed by atoms with Crippen molar-refractivity contribution in [2.45, 2.75) is 32.6 Å². The maximum absolute atomic E-state index is 6.16. The standard InChI is InChI=1S/C16H24ClN3.HI/c1-2-18-16(20-12-5-6-13-20)19-11-7-9-14-8-3-4-10-15(14)17;/h3-4,8,10H,2,5-7,9,11-13H2,1H3,(H,18,19);1H. The Balaban J connectivity index is 0.00000220. The van der Waals surface area contributed by atoms with E-state index in [0.29, 0.717) is 0 Å². The van der Waals surface area contributed by atoms with Gasteiger partial charge in [-0.2, -0.15) is 0 Å². The number of aryl methyl sites for hydroxylation is 1. The van der Waals surface area contributed by atoms with Crippen LogP contribution >= 0.6 is 35.6 Å². The second-order valence-electron chi connectivity index (χ2n) is 5.12. The minimum atomic E-state index is 0. The van der Waals surface area contributed by atoms with E-state index in [4.69, 9.17) is 16.6 Å². The number of hydrogen-bond donors (Lipinski definition) is 1. The van der Waals surface area contributed by atoms with Gasteiger partial charge in [0.25, 0.3) is 0 Å². The molecule has 1 aliphatic rings. The second kappa shape index (κ2) is 10.3. The lowest BCUT2D eigenvalue weighted by atomic mass is 10.1. The molecular formula is C16H25ClIN3. The SMILES string of the molecule is CCNC(=NCCCc1ccccc1Cl)N1CCCC1.I. The van der Waals surface area contributed by atoms with Crippen molar-refractivity contribution >= 4 is 41.5 Å². The number of rotatable bonds is 5. The van der Waals surface area contributed by atoms with E-state index < -0.39 is 0 Å². The number of aliphatic imine (C=N–C) groups is 1. The molecule has 0 bridgehead atoms. The van der Waals surface area contributed by atoms with Crippen LogP contribution in [0.1, 0.15) is 31.7 Å². The van der Waals surface area contributed by atoms with Crippen molar-refractivity contribution in [3.05, 3.63) is 34.9 Å². The summed E-state index contributed by atoms with van der Waals surface area (Å²) in [6.45, 7) is 6.17. The summed E-state index contributed by atoms with van der Waals surface area (Å²) in [5.74, 6) is 1.07. The average molecular weight is 422 g/mol. The zero-order valence-corrected chi connectivity index (χ0v) is 15.7. The predicted octanol–water partition coefficient (Wildman–Crippen LogP) is 3.95. The largest absolute Gasteiger partial charge is 0.357 e. The summed E-state index contributed by atoms with van der Waals surface area (Å²) in [6.07, 6.45) is 4.59. The van der Waals surface area contributed by atoms with Gasteiger partial charge in [-0.15, -0.1) is 24.0 Å². The first kappa shape index (κ1) is 18.6. The zero-order chi connectivity index (χ0) is 14.2. The van der Waals surface area contributed by atoms with Crippen molar-refractivity contribution in [2.75, 3.05) is 26.2 Å². The van der Waals surface area contributed by atoms with Crippen LogP contribution in [0.25, 0.3) is 0 Å². The molecule has 5 heteroatoms. The Labute approximate surface area is 150 Å². The quantitative estimate of drug-likeness (QED) is 0.337. The Bertz CT molecular complexity index is 445. The fraction of sp³-hybridized carbons (Fsp3) is 0.562. The summed E-state index contributed by atoms with van der Waals surface area (Å²) < 4.78 is 0. The van der Waals surface area contributed by atoms with Gasteiger partial charge in [0.15, 0.2) is 5.96 Å². The lowest BCUT2D eigenvalue weighted by Crippen LogP contribution is -2.39. The number of likely N-dealkylation sites (tertiary alicyclic amines) is 1. The number of nitrogens with one attached hydrogen (secondary N) is 1. The number of hydrogen-bond acceptors (Lipinski definition) is 1. The molecule has 1 fully saturated rings. The summed E-state index contributed by atoms with van der Waals surface area (Å²) >= 11 is 6.16. The lowest BCUT2D eigenvalue weighted by molar-refractivity contribution is 0.493. The van der Waals surface area contributed by atoms with E-state index >= 15 is 0 Å². The number of guanidine groups is 1. The van der Waals surface area contributed by atoms with Crippen LogP contribution in [0.4, 0.5) is 0 Å². The number of halogens is 2. The summed E-state index contributed by atoms with van der Waals surface area (Å²) in [4.78, 5) is 7.09. The minimum absolute atomic E-state index is 0. The van der Waals surface area contributed by atoms with Gasteiger partial charge >= 0.3 is 0 Å². The Morgan fingerprint density at radius 1 is 1.29 bits per heavy atom. The Morgan fingerprint density at radius 2 is 2.00 bits per heavy atom. The Hall–Kier alpha value is -0.490.